The van der Waals surface area contributed by atoms with Crippen LogP contribution < -0.4 is 0 Å². The molecule has 1 aliphatic carbocycles. The van der Waals surface area contributed by atoms with Crippen molar-refractivity contribution >= 4 is 11.6 Å². The van der Waals surface area contributed by atoms with Crippen molar-refractivity contribution in [3.05, 3.63) is 29.0 Å². The summed E-state index contributed by atoms with van der Waals surface area (Å²) in [5.41, 5.74) is -0.0177. The van der Waals surface area contributed by atoms with Crippen molar-refractivity contribution in [2.24, 2.45) is 0 Å². The third-order valence-electron chi connectivity index (χ3n) is 3.85. The Labute approximate surface area is 127 Å². The van der Waals surface area contributed by atoms with Gasteiger partial charge < -0.3 is 14.4 Å². The molecule has 1 heterocycles. The summed E-state index contributed by atoms with van der Waals surface area (Å²) in [6, 6.07) is 4.72. The molecule has 0 amide bonds. The highest BCUT2D eigenvalue weighted by Crippen LogP contribution is 2.41. The van der Waals surface area contributed by atoms with Crippen molar-refractivity contribution in [1.29, 1.82) is 0 Å². The van der Waals surface area contributed by atoms with Crippen molar-refractivity contribution in [3.63, 3.8) is 0 Å². The number of nitrogens with zero attached hydrogens (tertiary/aromatic N) is 2. The van der Waals surface area contributed by atoms with Crippen LogP contribution in [0.15, 0.2) is 22.7 Å². The fraction of sp³-hybridized carbons (Fsp3) is 0.467. The number of hydrogen-bond acceptors (Lipinski definition) is 5. The normalized spacial score (nSPS) is 17.2. The van der Waals surface area contributed by atoms with Crippen LogP contribution in [0.1, 0.15) is 38.4 Å². The van der Waals surface area contributed by atoms with Crippen molar-refractivity contribution in [2.45, 2.75) is 38.2 Å². The second-order valence-corrected chi connectivity index (χ2v) is 5.66. The van der Waals surface area contributed by atoms with Gasteiger partial charge in [-0.3, -0.25) is 0 Å². The van der Waals surface area contributed by atoms with E-state index in [0.717, 1.165) is 25.7 Å². The van der Waals surface area contributed by atoms with E-state index in [-0.39, 0.29) is 11.6 Å². The summed E-state index contributed by atoms with van der Waals surface area (Å²) in [7, 11) is 0. The summed E-state index contributed by atoms with van der Waals surface area (Å²) < 4.78 is 11.2. The van der Waals surface area contributed by atoms with Crippen molar-refractivity contribution in [1.82, 2.24) is 10.1 Å². The first-order valence-electron chi connectivity index (χ1n) is 7.12. The van der Waals surface area contributed by atoms with Crippen LogP contribution in [-0.2, 0) is 10.3 Å². The zero-order chi connectivity index (χ0) is 14.9. The quantitative estimate of drug-likeness (QED) is 0.927. The number of phenols is 1. The van der Waals surface area contributed by atoms with Gasteiger partial charge in [0.2, 0.25) is 5.82 Å². The highest BCUT2D eigenvalue weighted by molar-refractivity contribution is 6.30. The summed E-state index contributed by atoms with van der Waals surface area (Å²) >= 11 is 5.95. The van der Waals surface area contributed by atoms with Gasteiger partial charge in [-0.1, -0.05) is 16.8 Å². The fourth-order valence-corrected chi connectivity index (χ4v) is 3.02. The molecule has 1 aromatic heterocycles. The van der Waals surface area contributed by atoms with E-state index in [1.165, 1.54) is 6.07 Å². The molecule has 112 valence electrons. The Kier molecular flexibility index (Phi) is 3.87. The van der Waals surface area contributed by atoms with Gasteiger partial charge in [0.05, 0.1) is 5.56 Å². The first-order chi connectivity index (χ1) is 10.1. The van der Waals surface area contributed by atoms with Gasteiger partial charge in [-0.2, -0.15) is 4.98 Å². The molecule has 0 bridgehead atoms. The van der Waals surface area contributed by atoms with Gasteiger partial charge in [-0.05, 0) is 50.8 Å². The molecule has 1 aliphatic rings. The molecule has 0 unspecified atom stereocenters. The Hall–Kier alpha value is -1.59. The van der Waals surface area contributed by atoms with Crippen LogP contribution in [0.4, 0.5) is 0 Å². The van der Waals surface area contributed by atoms with E-state index in [1.54, 1.807) is 12.1 Å². The molecular formula is C15H17ClN2O3. The molecule has 21 heavy (non-hydrogen) atoms. The highest BCUT2D eigenvalue weighted by atomic mass is 35.5. The van der Waals surface area contributed by atoms with E-state index in [4.69, 9.17) is 20.9 Å². The highest BCUT2D eigenvalue weighted by Gasteiger charge is 2.41. The average Bonchev–Trinajstić information content (AvgIpc) is 3.11. The Bertz CT molecular complexity index is 636. The number of ether oxygens (including phenoxy) is 1. The average molecular weight is 309 g/mol. The molecule has 3 rings (SSSR count). The van der Waals surface area contributed by atoms with Crippen LogP contribution in [0.5, 0.6) is 5.75 Å². The zero-order valence-electron chi connectivity index (χ0n) is 11.8. The molecule has 1 saturated carbocycles. The molecule has 0 saturated heterocycles. The second-order valence-electron chi connectivity index (χ2n) is 5.22. The van der Waals surface area contributed by atoms with E-state index in [0.29, 0.717) is 23.0 Å². The SMILES string of the molecule is CCOC1(c2noc(-c3cc(Cl)ccc3O)n2)CCCC1. The molecule has 0 atom stereocenters. The minimum Gasteiger partial charge on any atom is -0.507 e. The lowest BCUT2D eigenvalue weighted by Crippen LogP contribution is -2.27. The number of phenolic OH excluding ortho intramolecular Hbond substituents is 1. The molecule has 0 radical (unpaired) electrons. The molecule has 0 aliphatic heterocycles. The van der Waals surface area contributed by atoms with Crippen molar-refractivity contribution in [2.75, 3.05) is 6.61 Å². The van der Waals surface area contributed by atoms with E-state index < -0.39 is 5.60 Å². The van der Waals surface area contributed by atoms with Gasteiger partial charge in [0.1, 0.15) is 11.4 Å². The smallest absolute Gasteiger partial charge is 0.261 e. The van der Waals surface area contributed by atoms with Gasteiger partial charge in [0.25, 0.3) is 5.89 Å². The topological polar surface area (TPSA) is 68.4 Å². The maximum absolute atomic E-state index is 9.91. The molecule has 1 N–H and O–H groups in total. The predicted octanol–water partition coefficient (Wildman–Crippen LogP) is 3.90. The summed E-state index contributed by atoms with van der Waals surface area (Å²) in [6.07, 6.45) is 3.96. The lowest BCUT2D eigenvalue weighted by Gasteiger charge is -2.24. The van der Waals surface area contributed by atoms with Crippen LogP contribution in [0.3, 0.4) is 0 Å². The minimum absolute atomic E-state index is 0.0616. The second kappa shape index (κ2) is 5.66. The van der Waals surface area contributed by atoms with Gasteiger partial charge >= 0.3 is 0 Å². The standard InChI is InChI=1S/C15H17ClN2O3/c1-2-20-15(7-3-4-8-15)14-17-13(21-18-14)11-9-10(16)5-6-12(11)19/h5-6,9,19H,2-4,7-8H2,1H3. The monoisotopic (exact) mass is 308 g/mol. The molecule has 6 heteroatoms. The molecule has 1 aromatic carbocycles. The first kappa shape index (κ1) is 14.4. The Morgan fingerprint density at radius 2 is 2.14 bits per heavy atom. The number of hydrogen-bond donors (Lipinski definition) is 1. The van der Waals surface area contributed by atoms with Gasteiger partial charge in [0, 0.05) is 11.6 Å². The van der Waals surface area contributed by atoms with E-state index >= 15 is 0 Å². The maximum Gasteiger partial charge on any atom is 0.261 e. The van der Waals surface area contributed by atoms with Crippen molar-refractivity contribution in [3.8, 4) is 17.2 Å². The summed E-state index contributed by atoms with van der Waals surface area (Å²) in [4.78, 5) is 4.43. The lowest BCUT2D eigenvalue weighted by atomic mass is 10.0. The Balaban J connectivity index is 1.97. The Morgan fingerprint density at radius 3 is 2.86 bits per heavy atom. The summed E-state index contributed by atoms with van der Waals surface area (Å²) in [6.45, 7) is 2.57. The minimum atomic E-state index is -0.454. The van der Waals surface area contributed by atoms with Crippen LogP contribution in [-0.4, -0.2) is 21.9 Å². The lowest BCUT2D eigenvalue weighted by molar-refractivity contribution is -0.0469. The zero-order valence-corrected chi connectivity index (χ0v) is 12.6. The maximum atomic E-state index is 9.91. The third kappa shape index (κ3) is 2.63. The fourth-order valence-electron chi connectivity index (χ4n) is 2.85. The van der Waals surface area contributed by atoms with Crippen LogP contribution >= 0.6 is 11.6 Å². The van der Waals surface area contributed by atoms with Crippen LogP contribution in [0.25, 0.3) is 11.5 Å². The Morgan fingerprint density at radius 1 is 1.38 bits per heavy atom. The van der Waals surface area contributed by atoms with E-state index in [2.05, 4.69) is 10.1 Å². The van der Waals surface area contributed by atoms with Crippen molar-refractivity contribution < 1.29 is 14.4 Å². The predicted molar refractivity (Wildman–Crippen MR) is 78.2 cm³/mol. The van der Waals surface area contributed by atoms with E-state index in [9.17, 15) is 5.11 Å². The molecule has 5 nitrogen and oxygen atoms in total. The number of benzene rings is 1. The van der Waals surface area contributed by atoms with E-state index in [1.807, 2.05) is 6.92 Å². The van der Waals surface area contributed by atoms with Gasteiger partial charge in [-0.15, -0.1) is 0 Å². The summed E-state index contributed by atoms with van der Waals surface area (Å²) in [5.74, 6) is 0.874. The number of aromatic nitrogens is 2. The van der Waals surface area contributed by atoms with Gasteiger partial charge in [0.15, 0.2) is 0 Å². The van der Waals surface area contributed by atoms with Gasteiger partial charge in [-0.25, -0.2) is 0 Å². The molecule has 0 spiro atoms. The third-order valence-corrected chi connectivity index (χ3v) is 4.09. The van der Waals surface area contributed by atoms with Crippen LogP contribution in [0, 0.1) is 0 Å². The largest absolute Gasteiger partial charge is 0.507 e. The first-order valence-corrected chi connectivity index (χ1v) is 7.49. The molecule has 2 aromatic rings. The molecule has 1 fully saturated rings. The summed E-state index contributed by atoms with van der Waals surface area (Å²) in [5, 5.41) is 14.5. The number of halogens is 1. The van der Waals surface area contributed by atoms with Crippen LogP contribution in [0.2, 0.25) is 5.02 Å². The molecular weight excluding hydrogens is 292 g/mol. The number of rotatable bonds is 4. The number of aromatic hydroxyl groups is 1.